The standard InChI is InChI=1S/C11H16N2OS/c1-15-8-7-10(12)11(14)13-9-5-3-2-4-6-9/h2-6,10H,7-8,12H2,1H3,(H,13,14)/t10-/m1/s1. The summed E-state index contributed by atoms with van der Waals surface area (Å²) in [6.45, 7) is 0. The van der Waals surface area contributed by atoms with E-state index in [1.165, 1.54) is 0 Å². The van der Waals surface area contributed by atoms with Crippen LogP contribution < -0.4 is 11.1 Å². The number of benzene rings is 1. The summed E-state index contributed by atoms with van der Waals surface area (Å²) < 4.78 is 0. The second-order valence-electron chi connectivity index (χ2n) is 3.24. The molecule has 0 unspecified atom stereocenters. The first-order chi connectivity index (χ1) is 7.24. The molecule has 1 atom stereocenters. The molecule has 0 fully saturated rings. The zero-order valence-electron chi connectivity index (χ0n) is 8.77. The van der Waals surface area contributed by atoms with E-state index < -0.39 is 6.04 Å². The number of carbonyl (C=O) groups excluding carboxylic acids is 1. The molecule has 1 amide bonds. The molecule has 0 spiro atoms. The van der Waals surface area contributed by atoms with Crippen molar-refractivity contribution in [3.63, 3.8) is 0 Å². The number of hydrogen-bond donors (Lipinski definition) is 2. The highest BCUT2D eigenvalue weighted by atomic mass is 32.2. The lowest BCUT2D eigenvalue weighted by molar-refractivity contribution is -0.117. The van der Waals surface area contributed by atoms with Gasteiger partial charge in [-0.25, -0.2) is 0 Å². The van der Waals surface area contributed by atoms with Gasteiger partial charge in [0.2, 0.25) is 5.91 Å². The van der Waals surface area contributed by atoms with Crippen LogP contribution in [0.3, 0.4) is 0 Å². The Balaban J connectivity index is 2.42. The van der Waals surface area contributed by atoms with Crippen LogP contribution in [-0.2, 0) is 4.79 Å². The fraction of sp³-hybridized carbons (Fsp3) is 0.364. The second-order valence-corrected chi connectivity index (χ2v) is 4.23. The molecule has 15 heavy (non-hydrogen) atoms. The van der Waals surface area contributed by atoms with E-state index in [-0.39, 0.29) is 5.91 Å². The summed E-state index contributed by atoms with van der Waals surface area (Å²) in [7, 11) is 0. The minimum Gasteiger partial charge on any atom is -0.325 e. The van der Waals surface area contributed by atoms with Gasteiger partial charge in [0.1, 0.15) is 0 Å². The van der Waals surface area contributed by atoms with Crippen LogP contribution in [0, 0.1) is 0 Å². The molecule has 3 N–H and O–H groups in total. The van der Waals surface area contributed by atoms with Crippen molar-refractivity contribution >= 4 is 23.4 Å². The first kappa shape index (κ1) is 12.1. The van der Waals surface area contributed by atoms with Crippen LogP contribution in [0.25, 0.3) is 0 Å². The second kappa shape index (κ2) is 6.48. The number of thioether (sulfide) groups is 1. The van der Waals surface area contributed by atoms with E-state index in [1.807, 2.05) is 36.6 Å². The van der Waals surface area contributed by atoms with E-state index in [2.05, 4.69) is 5.32 Å². The number of hydrogen-bond acceptors (Lipinski definition) is 3. The third kappa shape index (κ3) is 4.36. The van der Waals surface area contributed by atoms with E-state index in [0.717, 1.165) is 11.4 Å². The van der Waals surface area contributed by atoms with Crippen molar-refractivity contribution in [1.29, 1.82) is 0 Å². The summed E-state index contributed by atoms with van der Waals surface area (Å²) in [5.41, 5.74) is 6.52. The lowest BCUT2D eigenvalue weighted by atomic mass is 10.2. The van der Waals surface area contributed by atoms with Gasteiger partial charge in [0, 0.05) is 5.69 Å². The maximum atomic E-state index is 11.6. The molecule has 1 rings (SSSR count). The molecule has 0 aromatic heterocycles. The number of anilines is 1. The van der Waals surface area contributed by atoms with Crippen molar-refractivity contribution in [3.8, 4) is 0 Å². The van der Waals surface area contributed by atoms with Crippen LogP contribution in [0.2, 0.25) is 0 Å². The van der Waals surface area contributed by atoms with Crippen LogP contribution in [0.5, 0.6) is 0 Å². The number of para-hydroxylation sites is 1. The van der Waals surface area contributed by atoms with Crippen molar-refractivity contribution in [1.82, 2.24) is 0 Å². The van der Waals surface area contributed by atoms with E-state index in [4.69, 9.17) is 5.73 Å². The average Bonchev–Trinajstić information content (AvgIpc) is 2.27. The fourth-order valence-electron chi connectivity index (χ4n) is 1.13. The minimum atomic E-state index is -0.419. The Kier molecular flexibility index (Phi) is 5.21. The van der Waals surface area contributed by atoms with Gasteiger partial charge in [-0.1, -0.05) is 18.2 Å². The van der Waals surface area contributed by atoms with E-state index in [9.17, 15) is 4.79 Å². The third-order valence-corrected chi connectivity index (χ3v) is 2.66. The Labute approximate surface area is 94.4 Å². The van der Waals surface area contributed by atoms with E-state index in [1.54, 1.807) is 11.8 Å². The maximum Gasteiger partial charge on any atom is 0.241 e. The normalized spacial score (nSPS) is 12.1. The lowest BCUT2D eigenvalue weighted by Crippen LogP contribution is -2.36. The Morgan fingerprint density at radius 1 is 1.47 bits per heavy atom. The zero-order valence-corrected chi connectivity index (χ0v) is 9.59. The van der Waals surface area contributed by atoms with Crippen LogP contribution >= 0.6 is 11.8 Å². The number of carbonyl (C=O) groups is 1. The zero-order chi connectivity index (χ0) is 11.1. The minimum absolute atomic E-state index is 0.116. The summed E-state index contributed by atoms with van der Waals surface area (Å²) in [6, 6.07) is 8.94. The maximum absolute atomic E-state index is 11.6. The largest absolute Gasteiger partial charge is 0.325 e. The molecule has 1 aromatic carbocycles. The SMILES string of the molecule is CSCC[C@@H](N)C(=O)Nc1ccccc1. The van der Waals surface area contributed by atoms with Gasteiger partial charge in [-0.15, -0.1) is 0 Å². The Hall–Kier alpha value is -1.00. The topological polar surface area (TPSA) is 55.1 Å². The first-order valence-electron chi connectivity index (χ1n) is 4.84. The Morgan fingerprint density at radius 3 is 2.73 bits per heavy atom. The molecule has 0 saturated carbocycles. The summed E-state index contributed by atoms with van der Waals surface area (Å²) in [5, 5.41) is 2.78. The average molecular weight is 224 g/mol. The molecule has 0 bridgehead atoms. The number of amides is 1. The molecule has 1 aromatic rings. The van der Waals surface area contributed by atoms with Crippen molar-refractivity contribution in [2.45, 2.75) is 12.5 Å². The van der Waals surface area contributed by atoms with E-state index in [0.29, 0.717) is 6.42 Å². The van der Waals surface area contributed by atoms with Crippen molar-refractivity contribution < 1.29 is 4.79 Å². The van der Waals surface area contributed by atoms with Crippen molar-refractivity contribution in [2.75, 3.05) is 17.3 Å². The van der Waals surface area contributed by atoms with Gasteiger partial charge in [-0.05, 0) is 30.6 Å². The van der Waals surface area contributed by atoms with Crippen molar-refractivity contribution in [3.05, 3.63) is 30.3 Å². The predicted octanol–water partition coefficient (Wildman–Crippen LogP) is 1.71. The molecule has 4 heteroatoms. The van der Waals surface area contributed by atoms with Gasteiger partial charge in [-0.3, -0.25) is 4.79 Å². The molecule has 3 nitrogen and oxygen atoms in total. The van der Waals surface area contributed by atoms with Crippen LogP contribution in [0.1, 0.15) is 6.42 Å². The van der Waals surface area contributed by atoms with Crippen LogP contribution in [0.15, 0.2) is 30.3 Å². The third-order valence-electron chi connectivity index (χ3n) is 2.01. The molecular formula is C11H16N2OS. The van der Waals surface area contributed by atoms with Crippen LogP contribution in [-0.4, -0.2) is 24.0 Å². The van der Waals surface area contributed by atoms with Gasteiger partial charge in [0.15, 0.2) is 0 Å². The molecule has 0 saturated heterocycles. The van der Waals surface area contributed by atoms with Gasteiger partial charge < -0.3 is 11.1 Å². The number of nitrogens with one attached hydrogen (secondary N) is 1. The summed E-state index contributed by atoms with van der Waals surface area (Å²) in [6.07, 6.45) is 2.71. The van der Waals surface area contributed by atoms with E-state index >= 15 is 0 Å². The summed E-state index contributed by atoms with van der Waals surface area (Å²) in [4.78, 5) is 11.6. The highest BCUT2D eigenvalue weighted by Gasteiger charge is 2.12. The molecule has 0 radical (unpaired) electrons. The van der Waals surface area contributed by atoms with Crippen molar-refractivity contribution in [2.24, 2.45) is 5.73 Å². The Morgan fingerprint density at radius 2 is 2.13 bits per heavy atom. The van der Waals surface area contributed by atoms with Gasteiger partial charge >= 0.3 is 0 Å². The monoisotopic (exact) mass is 224 g/mol. The molecular weight excluding hydrogens is 208 g/mol. The highest BCUT2D eigenvalue weighted by molar-refractivity contribution is 7.98. The summed E-state index contributed by atoms with van der Waals surface area (Å²) >= 11 is 1.69. The Bertz CT molecular complexity index is 303. The molecule has 0 aliphatic rings. The van der Waals surface area contributed by atoms with Gasteiger partial charge in [0.25, 0.3) is 0 Å². The predicted molar refractivity (Wildman–Crippen MR) is 66.0 cm³/mol. The molecule has 0 aliphatic carbocycles. The molecule has 0 heterocycles. The van der Waals surface area contributed by atoms with Gasteiger partial charge in [-0.2, -0.15) is 11.8 Å². The smallest absolute Gasteiger partial charge is 0.241 e. The fourth-order valence-corrected chi connectivity index (χ4v) is 1.62. The quantitative estimate of drug-likeness (QED) is 0.800. The lowest BCUT2D eigenvalue weighted by Gasteiger charge is -2.11. The molecule has 82 valence electrons. The highest BCUT2D eigenvalue weighted by Crippen LogP contribution is 2.06. The first-order valence-corrected chi connectivity index (χ1v) is 6.24. The summed E-state index contributed by atoms with van der Waals surface area (Å²) in [5.74, 6) is 0.791. The number of nitrogens with two attached hydrogens (primary N) is 1. The van der Waals surface area contributed by atoms with Gasteiger partial charge in [0.05, 0.1) is 6.04 Å². The van der Waals surface area contributed by atoms with Crippen LogP contribution in [0.4, 0.5) is 5.69 Å². The number of rotatable bonds is 5. The molecule has 0 aliphatic heterocycles.